The van der Waals surface area contributed by atoms with Gasteiger partial charge in [0.25, 0.3) is 0 Å². The van der Waals surface area contributed by atoms with Gasteiger partial charge in [-0.1, -0.05) is 24.3 Å². The number of hydrogen-bond acceptors (Lipinski definition) is 8. The van der Waals surface area contributed by atoms with E-state index >= 15 is 0 Å². The molecule has 0 aromatic heterocycles. The predicted octanol–water partition coefficient (Wildman–Crippen LogP) is 2.03. The third-order valence-electron chi connectivity index (χ3n) is 5.56. The van der Waals surface area contributed by atoms with Crippen LogP contribution < -0.4 is 22.1 Å². The van der Waals surface area contributed by atoms with Gasteiger partial charge in [-0.05, 0) is 63.5 Å². The number of esters is 2. The maximum atomic E-state index is 12.0. The van der Waals surface area contributed by atoms with Crippen LogP contribution in [0.4, 0.5) is 0 Å². The standard InChI is InChI=1S/C26H44N6O4/c1-19(27)31-15-5-3-7-23(29)25(33)35-17-13-21-9-11-22(12-10-21)14-18-36-26(34)24(30)8-4-6-16-32-20(2)28/h9-12,23-24H,3-8,13-18,29-30H2,1-2H3,(H2,27,31)(H2,28,32). The number of nitrogens with one attached hydrogen (secondary N) is 4. The van der Waals surface area contributed by atoms with Gasteiger partial charge in [-0.15, -0.1) is 0 Å². The molecule has 0 spiro atoms. The van der Waals surface area contributed by atoms with Crippen molar-refractivity contribution in [1.82, 2.24) is 10.6 Å². The molecule has 36 heavy (non-hydrogen) atoms. The van der Waals surface area contributed by atoms with Crippen molar-refractivity contribution in [3.63, 3.8) is 0 Å². The van der Waals surface area contributed by atoms with Crippen LogP contribution in [-0.4, -0.2) is 62.0 Å². The summed E-state index contributed by atoms with van der Waals surface area (Å²) >= 11 is 0. The molecule has 0 saturated carbocycles. The van der Waals surface area contributed by atoms with E-state index in [2.05, 4.69) is 10.6 Å². The molecule has 2 atom stereocenters. The minimum absolute atomic E-state index is 0.271. The molecule has 0 saturated heterocycles. The zero-order chi connectivity index (χ0) is 26.8. The molecule has 0 aliphatic rings. The van der Waals surface area contributed by atoms with Crippen molar-refractivity contribution < 1.29 is 19.1 Å². The van der Waals surface area contributed by atoms with E-state index in [0.717, 1.165) is 36.8 Å². The number of nitrogens with two attached hydrogens (primary N) is 2. The van der Waals surface area contributed by atoms with Crippen LogP contribution in [0, 0.1) is 10.8 Å². The Morgan fingerprint density at radius 1 is 0.750 bits per heavy atom. The van der Waals surface area contributed by atoms with Crippen molar-refractivity contribution in [3.8, 4) is 0 Å². The summed E-state index contributed by atoms with van der Waals surface area (Å²) in [6, 6.07) is 6.63. The lowest BCUT2D eigenvalue weighted by Crippen LogP contribution is -2.33. The largest absolute Gasteiger partial charge is 0.464 e. The molecule has 10 heteroatoms. The number of rotatable bonds is 18. The van der Waals surface area contributed by atoms with Gasteiger partial charge >= 0.3 is 11.9 Å². The van der Waals surface area contributed by atoms with E-state index in [4.69, 9.17) is 31.8 Å². The average Bonchev–Trinajstić information content (AvgIpc) is 2.83. The summed E-state index contributed by atoms with van der Waals surface area (Å²) in [7, 11) is 0. The third-order valence-corrected chi connectivity index (χ3v) is 5.56. The summed E-state index contributed by atoms with van der Waals surface area (Å²) in [5.41, 5.74) is 13.9. The van der Waals surface area contributed by atoms with Gasteiger partial charge < -0.3 is 31.6 Å². The van der Waals surface area contributed by atoms with E-state index in [1.54, 1.807) is 13.8 Å². The summed E-state index contributed by atoms with van der Waals surface area (Å²) in [5.74, 6) is 0.0884. The average molecular weight is 505 g/mol. The highest BCUT2D eigenvalue weighted by atomic mass is 16.5. The Morgan fingerprint density at radius 2 is 1.11 bits per heavy atom. The molecule has 8 N–H and O–H groups in total. The SMILES string of the molecule is CC(=N)NCCCCC(N)C(=O)OCCc1ccc(CCOC(=O)C(N)CCCCNC(C)=N)cc1. The number of carbonyl (C=O) groups is 2. The van der Waals surface area contributed by atoms with Gasteiger partial charge in [0.1, 0.15) is 12.1 Å². The summed E-state index contributed by atoms with van der Waals surface area (Å²) in [5, 5.41) is 20.5. The van der Waals surface area contributed by atoms with Crippen LogP contribution in [0.2, 0.25) is 0 Å². The van der Waals surface area contributed by atoms with Gasteiger partial charge in [-0.2, -0.15) is 0 Å². The van der Waals surface area contributed by atoms with E-state index in [1.165, 1.54) is 0 Å². The van der Waals surface area contributed by atoms with Crippen LogP contribution >= 0.6 is 0 Å². The molecule has 2 unspecified atom stereocenters. The molecule has 0 radical (unpaired) electrons. The molecule has 1 aromatic rings. The fraction of sp³-hybridized carbons (Fsp3) is 0.615. The fourth-order valence-corrected chi connectivity index (χ4v) is 3.39. The molecular formula is C26H44N6O4. The van der Waals surface area contributed by atoms with Crippen LogP contribution in [-0.2, 0) is 31.9 Å². The van der Waals surface area contributed by atoms with Crippen LogP contribution in [0.3, 0.4) is 0 Å². The Morgan fingerprint density at radius 3 is 1.44 bits per heavy atom. The van der Waals surface area contributed by atoms with Crippen molar-refractivity contribution in [3.05, 3.63) is 35.4 Å². The Labute approximate surface area is 214 Å². The Hall–Kier alpha value is -2.98. The maximum Gasteiger partial charge on any atom is 0.322 e. The van der Waals surface area contributed by atoms with Gasteiger partial charge in [0.15, 0.2) is 0 Å². The summed E-state index contributed by atoms with van der Waals surface area (Å²) < 4.78 is 10.6. The highest BCUT2D eigenvalue weighted by molar-refractivity contribution is 5.76. The van der Waals surface area contributed by atoms with Crippen LogP contribution in [0.1, 0.15) is 63.5 Å². The first-order valence-electron chi connectivity index (χ1n) is 12.7. The lowest BCUT2D eigenvalue weighted by atomic mass is 10.1. The van der Waals surface area contributed by atoms with E-state index < -0.39 is 12.1 Å². The van der Waals surface area contributed by atoms with Gasteiger partial charge in [0, 0.05) is 25.9 Å². The van der Waals surface area contributed by atoms with Crippen molar-refractivity contribution >= 4 is 23.6 Å². The van der Waals surface area contributed by atoms with E-state index in [-0.39, 0.29) is 25.2 Å². The van der Waals surface area contributed by atoms with Gasteiger partial charge in [-0.25, -0.2) is 0 Å². The number of carbonyl (C=O) groups excluding carboxylic acids is 2. The van der Waals surface area contributed by atoms with Crippen LogP contribution in [0.5, 0.6) is 0 Å². The second kappa shape index (κ2) is 18.3. The lowest BCUT2D eigenvalue weighted by molar-refractivity contribution is -0.146. The first-order chi connectivity index (χ1) is 17.2. The van der Waals surface area contributed by atoms with E-state index in [1.807, 2.05) is 24.3 Å². The summed E-state index contributed by atoms with van der Waals surface area (Å²) in [6.07, 6.45) is 5.60. The highest BCUT2D eigenvalue weighted by Crippen LogP contribution is 2.08. The molecule has 0 aliphatic heterocycles. The molecule has 1 aromatic carbocycles. The van der Waals surface area contributed by atoms with Gasteiger partial charge in [0.2, 0.25) is 0 Å². The number of hydrogen-bond donors (Lipinski definition) is 6. The Balaban J connectivity index is 2.18. The smallest absolute Gasteiger partial charge is 0.322 e. The molecule has 0 aliphatic carbocycles. The second-order valence-corrected chi connectivity index (χ2v) is 8.96. The molecule has 0 bridgehead atoms. The molecular weight excluding hydrogens is 460 g/mol. The molecule has 0 fully saturated rings. The fourth-order valence-electron chi connectivity index (χ4n) is 3.39. The van der Waals surface area contributed by atoms with Crippen molar-refractivity contribution in [1.29, 1.82) is 10.8 Å². The molecule has 10 nitrogen and oxygen atoms in total. The Kier molecular flexibility index (Phi) is 15.8. The minimum Gasteiger partial charge on any atom is -0.464 e. The second-order valence-electron chi connectivity index (χ2n) is 8.96. The molecule has 0 amide bonds. The summed E-state index contributed by atoms with van der Waals surface area (Å²) in [6.45, 7) is 5.33. The predicted molar refractivity (Wildman–Crippen MR) is 142 cm³/mol. The Bertz CT molecular complexity index is 748. The monoisotopic (exact) mass is 504 g/mol. The van der Waals surface area contributed by atoms with Crippen LogP contribution in [0.15, 0.2) is 24.3 Å². The first-order valence-corrected chi connectivity index (χ1v) is 12.7. The van der Waals surface area contributed by atoms with E-state index in [9.17, 15) is 9.59 Å². The molecule has 1 rings (SSSR count). The number of amidine groups is 2. The first kappa shape index (κ1) is 31.1. The minimum atomic E-state index is -0.627. The zero-order valence-corrected chi connectivity index (χ0v) is 21.7. The lowest BCUT2D eigenvalue weighted by Gasteiger charge is -2.12. The highest BCUT2D eigenvalue weighted by Gasteiger charge is 2.15. The third kappa shape index (κ3) is 15.1. The van der Waals surface area contributed by atoms with Gasteiger partial charge in [0.05, 0.1) is 24.9 Å². The van der Waals surface area contributed by atoms with Crippen molar-refractivity contribution in [2.75, 3.05) is 26.3 Å². The maximum absolute atomic E-state index is 12.0. The number of unbranched alkanes of at least 4 members (excludes halogenated alkanes) is 2. The van der Waals surface area contributed by atoms with Crippen molar-refractivity contribution in [2.45, 2.75) is 77.3 Å². The van der Waals surface area contributed by atoms with Gasteiger partial charge in [-0.3, -0.25) is 20.4 Å². The number of ether oxygens (including phenoxy) is 2. The normalized spacial score (nSPS) is 12.3. The topological polar surface area (TPSA) is 176 Å². The van der Waals surface area contributed by atoms with E-state index in [0.29, 0.717) is 50.4 Å². The van der Waals surface area contributed by atoms with Crippen LogP contribution in [0.25, 0.3) is 0 Å². The quantitative estimate of drug-likeness (QED) is 0.0761. The van der Waals surface area contributed by atoms with Crippen molar-refractivity contribution in [2.24, 2.45) is 11.5 Å². The summed E-state index contributed by atoms with van der Waals surface area (Å²) in [4.78, 5) is 24.1. The molecule has 202 valence electrons. The molecule has 0 heterocycles. The number of benzene rings is 1. The zero-order valence-electron chi connectivity index (χ0n) is 21.7.